The molecule has 1 aromatic heterocycles. The molecule has 0 amide bonds. The standard InChI is InChI=1S/C16H14N4/c1-12(13-7-3-2-4-8-13)19-20-16-14-9-5-6-10-15(14)17-11-18-16/h2-11H,1H3,(H,17,18,20). The highest BCUT2D eigenvalue weighted by Gasteiger charge is 2.02. The van der Waals surface area contributed by atoms with Gasteiger partial charge in [0.25, 0.3) is 0 Å². The first-order valence-corrected chi connectivity index (χ1v) is 6.40. The van der Waals surface area contributed by atoms with Crippen LogP contribution in [0.3, 0.4) is 0 Å². The minimum absolute atomic E-state index is 0.714. The largest absolute Gasteiger partial charge is 0.260 e. The van der Waals surface area contributed by atoms with E-state index in [4.69, 9.17) is 0 Å². The monoisotopic (exact) mass is 262 g/mol. The molecule has 4 heteroatoms. The maximum atomic E-state index is 4.39. The zero-order chi connectivity index (χ0) is 13.8. The Labute approximate surface area is 117 Å². The van der Waals surface area contributed by atoms with Crippen molar-refractivity contribution < 1.29 is 0 Å². The number of para-hydroxylation sites is 1. The molecule has 0 unspecified atom stereocenters. The average Bonchev–Trinajstić information content (AvgIpc) is 2.53. The van der Waals surface area contributed by atoms with Gasteiger partial charge in [-0.25, -0.2) is 9.97 Å². The number of anilines is 1. The van der Waals surface area contributed by atoms with E-state index in [9.17, 15) is 0 Å². The molecule has 0 bridgehead atoms. The lowest BCUT2D eigenvalue weighted by molar-refractivity contribution is 1.18. The van der Waals surface area contributed by atoms with Crippen LogP contribution in [-0.4, -0.2) is 15.7 Å². The average molecular weight is 262 g/mol. The number of hydrogen-bond acceptors (Lipinski definition) is 4. The van der Waals surface area contributed by atoms with E-state index in [2.05, 4.69) is 20.5 Å². The zero-order valence-electron chi connectivity index (χ0n) is 11.1. The highest BCUT2D eigenvalue weighted by Crippen LogP contribution is 2.18. The van der Waals surface area contributed by atoms with Crippen LogP contribution in [-0.2, 0) is 0 Å². The molecule has 1 N–H and O–H groups in total. The minimum Gasteiger partial charge on any atom is -0.260 e. The molecular weight excluding hydrogens is 248 g/mol. The van der Waals surface area contributed by atoms with Gasteiger partial charge in [-0.3, -0.25) is 5.43 Å². The molecule has 0 atom stereocenters. The number of aromatic nitrogens is 2. The summed E-state index contributed by atoms with van der Waals surface area (Å²) >= 11 is 0. The second kappa shape index (κ2) is 5.48. The predicted molar refractivity (Wildman–Crippen MR) is 81.8 cm³/mol. The zero-order valence-corrected chi connectivity index (χ0v) is 11.1. The van der Waals surface area contributed by atoms with Crippen molar-refractivity contribution in [1.29, 1.82) is 0 Å². The van der Waals surface area contributed by atoms with Gasteiger partial charge in [0.1, 0.15) is 6.33 Å². The Hall–Kier alpha value is -2.75. The lowest BCUT2D eigenvalue weighted by Gasteiger charge is -2.05. The first kappa shape index (κ1) is 12.3. The van der Waals surface area contributed by atoms with Crippen molar-refractivity contribution in [3.63, 3.8) is 0 Å². The van der Waals surface area contributed by atoms with Crippen molar-refractivity contribution in [2.45, 2.75) is 6.92 Å². The van der Waals surface area contributed by atoms with E-state index in [0.29, 0.717) is 5.82 Å². The second-order valence-corrected chi connectivity index (χ2v) is 4.41. The third kappa shape index (κ3) is 2.49. The van der Waals surface area contributed by atoms with Crippen molar-refractivity contribution in [3.8, 4) is 0 Å². The normalized spacial score (nSPS) is 11.6. The molecule has 0 fully saturated rings. The van der Waals surface area contributed by atoms with Crippen molar-refractivity contribution in [2.75, 3.05) is 5.43 Å². The van der Waals surface area contributed by atoms with Gasteiger partial charge in [-0.2, -0.15) is 5.10 Å². The molecule has 0 aliphatic heterocycles. The van der Waals surface area contributed by atoms with Gasteiger partial charge in [0, 0.05) is 5.39 Å². The van der Waals surface area contributed by atoms with E-state index >= 15 is 0 Å². The Morgan fingerprint density at radius 1 is 0.950 bits per heavy atom. The van der Waals surface area contributed by atoms with Crippen molar-refractivity contribution in [1.82, 2.24) is 9.97 Å². The van der Waals surface area contributed by atoms with Crippen LogP contribution in [0.25, 0.3) is 10.9 Å². The summed E-state index contributed by atoms with van der Waals surface area (Å²) in [6.45, 7) is 1.96. The summed E-state index contributed by atoms with van der Waals surface area (Å²) in [5, 5.41) is 5.35. The van der Waals surface area contributed by atoms with Gasteiger partial charge in [-0.15, -0.1) is 0 Å². The van der Waals surface area contributed by atoms with E-state index in [0.717, 1.165) is 22.2 Å². The summed E-state index contributed by atoms with van der Waals surface area (Å²) in [6.07, 6.45) is 1.54. The Balaban J connectivity index is 1.91. The quantitative estimate of drug-likeness (QED) is 0.581. The molecule has 3 rings (SSSR count). The van der Waals surface area contributed by atoms with Crippen molar-refractivity contribution in [3.05, 3.63) is 66.5 Å². The second-order valence-electron chi connectivity index (χ2n) is 4.41. The molecule has 0 saturated carbocycles. The lowest BCUT2D eigenvalue weighted by Crippen LogP contribution is -2.01. The van der Waals surface area contributed by atoms with E-state index in [1.165, 1.54) is 6.33 Å². The molecule has 0 aliphatic rings. The molecule has 4 nitrogen and oxygen atoms in total. The van der Waals surface area contributed by atoms with Crippen LogP contribution >= 0.6 is 0 Å². The van der Waals surface area contributed by atoms with Gasteiger partial charge in [0.15, 0.2) is 5.82 Å². The van der Waals surface area contributed by atoms with Crippen LogP contribution in [0.5, 0.6) is 0 Å². The number of hydrogen-bond donors (Lipinski definition) is 1. The van der Waals surface area contributed by atoms with Crippen LogP contribution in [0.4, 0.5) is 5.82 Å². The number of nitrogens with zero attached hydrogens (tertiary/aromatic N) is 3. The summed E-state index contributed by atoms with van der Waals surface area (Å²) in [5.74, 6) is 0.714. The molecular formula is C16H14N4. The number of hydrazone groups is 1. The van der Waals surface area contributed by atoms with Crippen molar-refractivity contribution >= 4 is 22.4 Å². The molecule has 1 heterocycles. The van der Waals surface area contributed by atoms with Crippen molar-refractivity contribution in [2.24, 2.45) is 5.10 Å². The molecule has 0 aliphatic carbocycles. The van der Waals surface area contributed by atoms with Crippen LogP contribution in [0, 0.1) is 0 Å². The van der Waals surface area contributed by atoms with E-state index in [1.54, 1.807) is 0 Å². The summed E-state index contributed by atoms with van der Waals surface area (Å²) in [6, 6.07) is 17.9. The predicted octanol–water partition coefficient (Wildman–Crippen LogP) is 3.47. The fourth-order valence-electron chi connectivity index (χ4n) is 1.97. The maximum Gasteiger partial charge on any atom is 0.157 e. The Kier molecular flexibility index (Phi) is 3.37. The molecule has 3 aromatic rings. The summed E-state index contributed by atoms with van der Waals surface area (Å²) in [4.78, 5) is 8.47. The number of nitrogens with one attached hydrogen (secondary N) is 1. The van der Waals surface area contributed by atoms with E-state index in [-0.39, 0.29) is 0 Å². The highest BCUT2D eigenvalue weighted by atomic mass is 15.3. The first-order chi connectivity index (χ1) is 9.84. The molecule has 0 spiro atoms. The molecule has 2 aromatic carbocycles. The van der Waals surface area contributed by atoms with Crippen LogP contribution in [0.1, 0.15) is 12.5 Å². The molecule has 0 saturated heterocycles. The van der Waals surface area contributed by atoms with E-state index < -0.39 is 0 Å². The summed E-state index contributed by atoms with van der Waals surface area (Å²) < 4.78 is 0. The Morgan fingerprint density at radius 2 is 1.70 bits per heavy atom. The Morgan fingerprint density at radius 3 is 2.55 bits per heavy atom. The van der Waals surface area contributed by atoms with Gasteiger partial charge in [-0.1, -0.05) is 42.5 Å². The fourth-order valence-corrected chi connectivity index (χ4v) is 1.97. The number of benzene rings is 2. The summed E-state index contributed by atoms with van der Waals surface area (Å²) in [7, 11) is 0. The third-order valence-electron chi connectivity index (χ3n) is 3.06. The van der Waals surface area contributed by atoms with Gasteiger partial charge < -0.3 is 0 Å². The van der Waals surface area contributed by atoms with E-state index in [1.807, 2.05) is 61.5 Å². The number of rotatable bonds is 3. The first-order valence-electron chi connectivity index (χ1n) is 6.40. The van der Waals surface area contributed by atoms with Gasteiger partial charge >= 0.3 is 0 Å². The third-order valence-corrected chi connectivity index (χ3v) is 3.06. The van der Waals surface area contributed by atoms with Gasteiger partial charge in [0.2, 0.25) is 0 Å². The molecule has 20 heavy (non-hydrogen) atoms. The van der Waals surface area contributed by atoms with Crippen LogP contribution < -0.4 is 5.43 Å². The molecule has 98 valence electrons. The van der Waals surface area contributed by atoms with Gasteiger partial charge in [-0.05, 0) is 24.6 Å². The van der Waals surface area contributed by atoms with Gasteiger partial charge in [0.05, 0.1) is 11.2 Å². The smallest absolute Gasteiger partial charge is 0.157 e. The topological polar surface area (TPSA) is 50.2 Å². The summed E-state index contributed by atoms with van der Waals surface area (Å²) in [5.41, 5.74) is 5.92. The lowest BCUT2D eigenvalue weighted by atomic mass is 10.1. The fraction of sp³-hybridized carbons (Fsp3) is 0.0625. The SMILES string of the molecule is CC(=NNc1ncnc2ccccc12)c1ccccc1. The number of fused-ring (bicyclic) bond motifs is 1. The maximum absolute atomic E-state index is 4.39. The Bertz CT molecular complexity index is 745. The van der Waals surface area contributed by atoms with Crippen LogP contribution in [0.2, 0.25) is 0 Å². The highest BCUT2D eigenvalue weighted by molar-refractivity contribution is 5.99. The molecule has 0 radical (unpaired) electrons. The minimum atomic E-state index is 0.714. The van der Waals surface area contributed by atoms with Crippen LogP contribution in [0.15, 0.2) is 66.0 Å².